The minimum atomic E-state index is 0. The monoisotopic (exact) mass is 790 g/mol. The molecule has 2 nitrogen and oxygen atoms in total. The van der Waals surface area contributed by atoms with E-state index in [1.807, 2.05) is 36.4 Å². The van der Waals surface area contributed by atoms with Crippen LogP contribution in [0, 0.1) is 26.7 Å². The van der Waals surface area contributed by atoms with E-state index < -0.39 is 0 Å². The number of phenols is 2. The smallest absolute Gasteiger partial charge is 0.507 e. The maximum atomic E-state index is 10.4. The van der Waals surface area contributed by atoms with E-state index in [0.717, 1.165) is 60.8 Å². The zero-order valence-corrected chi connectivity index (χ0v) is 37.1. The van der Waals surface area contributed by atoms with Crippen molar-refractivity contribution < 1.29 is 31.9 Å². The summed E-state index contributed by atoms with van der Waals surface area (Å²) in [5.74, 6) is 1.92. The average Bonchev–Trinajstić information content (AvgIpc) is 3.58. The molecule has 2 unspecified atom stereocenters. The quantitative estimate of drug-likeness (QED) is 0.107. The average molecular weight is 791 g/mol. The van der Waals surface area contributed by atoms with E-state index in [-0.39, 0.29) is 47.4 Å². The molecule has 3 heteroatoms. The summed E-state index contributed by atoms with van der Waals surface area (Å²) >= 11 is 0. The molecule has 0 amide bonds. The Bertz CT molecular complexity index is 2110. The largest absolute Gasteiger partial charge is 2.00 e. The number of para-hydroxylation sites is 2. The molecule has 0 spiro atoms. The van der Waals surface area contributed by atoms with E-state index in [1.54, 1.807) is 12.1 Å². The van der Waals surface area contributed by atoms with Crippen molar-refractivity contribution in [2.24, 2.45) is 11.8 Å². The molecule has 6 aromatic rings. The molecule has 2 atom stereocenters. The number of aromatic hydroxyl groups is 2. The predicted octanol–water partition coefficient (Wildman–Crippen LogP) is 15.2. The number of rotatable bonds is 10. The van der Waals surface area contributed by atoms with Gasteiger partial charge in [-0.25, -0.2) is 0 Å². The molecule has 0 fully saturated rings. The van der Waals surface area contributed by atoms with Crippen LogP contribution in [-0.2, 0) is 32.5 Å². The summed E-state index contributed by atoms with van der Waals surface area (Å²) in [5, 5.41) is 20.7. The number of benzene rings is 6. The molecule has 57 heavy (non-hydrogen) atoms. The van der Waals surface area contributed by atoms with Gasteiger partial charge in [0.15, 0.2) is 0 Å². The number of hydrogen-bond donors (Lipinski definition) is 2. The second-order valence-electron chi connectivity index (χ2n) is 16.5. The van der Waals surface area contributed by atoms with Crippen LogP contribution in [0.25, 0.3) is 44.5 Å². The first-order chi connectivity index (χ1) is 26.1. The molecule has 2 aliphatic carbocycles. The van der Waals surface area contributed by atoms with E-state index in [9.17, 15) is 10.2 Å². The zero-order valence-electron chi connectivity index (χ0n) is 35.5. The van der Waals surface area contributed by atoms with Crippen molar-refractivity contribution in [2.45, 2.75) is 90.9 Å². The summed E-state index contributed by atoms with van der Waals surface area (Å²) in [4.78, 5) is 0. The summed E-state index contributed by atoms with van der Waals surface area (Å²) in [6.07, 6.45) is 6.91. The third-order valence-corrected chi connectivity index (χ3v) is 11.8. The molecule has 0 saturated heterocycles. The molecule has 0 bridgehead atoms. The van der Waals surface area contributed by atoms with E-state index in [2.05, 4.69) is 126 Å². The molecule has 0 radical (unpaired) electrons. The maximum Gasteiger partial charge on any atom is 2.00 e. The second kappa shape index (κ2) is 18.9. The number of hydrogen-bond acceptors (Lipinski definition) is 2. The Morgan fingerprint density at radius 2 is 0.737 bits per heavy atom. The predicted molar refractivity (Wildman–Crippen MR) is 241 cm³/mol. The van der Waals surface area contributed by atoms with E-state index in [0.29, 0.717) is 23.3 Å². The molecule has 0 heterocycles. The van der Waals surface area contributed by atoms with Crippen LogP contribution in [0.4, 0.5) is 0 Å². The van der Waals surface area contributed by atoms with Crippen LogP contribution in [-0.4, -0.2) is 10.2 Å². The number of phenolic OH excluding ortho intramolecular Hbond substituents is 2. The minimum Gasteiger partial charge on any atom is -0.507 e. The van der Waals surface area contributed by atoms with Gasteiger partial charge in [0.05, 0.1) is 0 Å². The van der Waals surface area contributed by atoms with Gasteiger partial charge < -0.3 is 25.1 Å². The van der Waals surface area contributed by atoms with Gasteiger partial charge in [-0.3, -0.25) is 0 Å². The van der Waals surface area contributed by atoms with E-state index in [1.165, 1.54) is 44.5 Å². The first kappa shape index (κ1) is 45.3. The normalized spacial score (nSPS) is 16.8. The Hall–Kier alpha value is -4.37. The summed E-state index contributed by atoms with van der Waals surface area (Å²) in [6, 6.07) is 46.6. The van der Waals surface area contributed by atoms with Gasteiger partial charge in [-0.2, -0.15) is 0 Å². The van der Waals surface area contributed by atoms with Gasteiger partial charge in [-0.15, -0.1) is 0 Å². The first-order valence-electron chi connectivity index (χ1n) is 20.2. The Morgan fingerprint density at radius 1 is 0.421 bits per heavy atom. The molecule has 0 saturated carbocycles. The Labute approximate surface area is 359 Å². The van der Waals surface area contributed by atoms with Gasteiger partial charge in [-0.1, -0.05) is 164 Å². The van der Waals surface area contributed by atoms with Crippen molar-refractivity contribution in [3.05, 3.63) is 171 Å². The van der Waals surface area contributed by atoms with Crippen LogP contribution < -0.4 is 0 Å². The van der Waals surface area contributed by atoms with Gasteiger partial charge >= 0.3 is 21.7 Å². The molecule has 8 rings (SSSR count). The van der Waals surface area contributed by atoms with Crippen LogP contribution in [0.2, 0.25) is 0 Å². The van der Waals surface area contributed by atoms with Crippen molar-refractivity contribution in [1.82, 2.24) is 0 Å². The number of fused-ring (bicyclic) bond motifs is 6. The maximum absolute atomic E-state index is 10.4. The van der Waals surface area contributed by atoms with Crippen LogP contribution in [0.3, 0.4) is 0 Å². The molecule has 0 aromatic heterocycles. The van der Waals surface area contributed by atoms with E-state index in [4.69, 9.17) is 0 Å². The molecular formula is C54H62O2Ti. The first-order valence-corrected chi connectivity index (χ1v) is 20.2. The summed E-state index contributed by atoms with van der Waals surface area (Å²) in [6.45, 7) is 13.9. The third kappa shape index (κ3) is 8.32. The second-order valence-corrected chi connectivity index (χ2v) is 16.5. The molecule has 6 aromatic carbocycles. The molecular weight excluding hydrogens is 728 g/mol. The topological polar surface area (TPSA) is 40.5 Å². The Kier molecular flexibility index (Phi) is 15.1. The van der Waals surface area contributed by atoms with Gasteiger partial charge in [0, 0.05) is 22.0 Å². The third-order valence-electron chi connectivity index (χ3n) is 11.8. The van der Waals surface area contributed by atoms with Crippen molar-refractivity contribution in [1.29, 1.82) is 0 Å². The Morgan fingerprint density at radius 3 is 1.07 bits per heavy atom. The standard InChI is InChI=1S/2C26H28O.2CH3.Ti/c2*1-4-15-26(17-18(2)3)23-11-7-5-10-21(23)22-14-13-19(16-24(22)26)20-9-6-8-12-25(20)27;;;/h2*5-14,16,18,27H,4,15,17H2,1-3H3;2*1H3;/q;;2*-1;+2. The minimum absolute atomic E-state index is 0. The van der Waals surface area contributed by atoms with Crippen LogP contribution in [0.15, 0.2) is 133 Å². The fourth-order valence-electron chi connectivity index (χ4n) is 10.1. The molecule has 2 aliphatic rings. The van der Waals surface area contributed by atoms with Crippen molar-refractivity contribution in [3.63, 3.8) is 0 Å². The van der Waals surface area contributed by atoms with Crippen molar-refractivity contribution in [2.75, 3.05) is 0 Å². The zero-order chi connectivity index (χ0) is 38.0. The molecule has 294 valence electrons. The van der Waals surface area contributed by atoms with Gasteiger partial charge in [0.2, 0.25) is 0 Å². The summed E-state index contributed by atoms with van der Waals surface area (Å²) in [7, 11) is 0. The van der Waals surface area contributed by atoms with Gasteiger partial charge in [-0.05, 0) is 117 Å². The summed E-state index contributed by atoms with van der Waals surface area (Å²) < 4.78 is 0. The molecule has 0 aliphatic heterocycles. The van der Waals surface area contributed by atoms with Crippen LogP contribution in [0.1, 0.15) is 102 Å². The van der Waals surface area contributed by atoms with Gasteiger partial charge in [0.1, 0.15) is 11.5 Å². The van der Waals surface area contributed by atoms with Crippen molar-refractivity contribution in [3.8, 4) is 56.0 Å². The van der Waals surface area contributed by atoms with Crippen molar-refractivity contribution >= 4 is 0 Å². The van der Waals surface area contributed by atoms with Crippen LogP contribution in [0.5, 0.6) is 11.5 Å². The molecule has 2 N–H and O–H groups in total. The van der Waals surface area contributed by atoms with Gasteiger partial charge in [0.25, 0.3) is 0 Å². The fraction of sp³-hybridized carbons (Fsp3) is 0.296. The van der Waals surface area contributed by atoms with E-state index >= 15 is 0 Å². The summed E-state index contributed by atoms with van der Waals surface area (Å²) in [5.41, 5.74) is 15.4. The van der Waals surface area contributed by atoms with Crippen LogP contribution >= 0.6 is 0 Å². The Balaban J connectivity index is 0.000000240. The fourth-order valence-corrected chi connectivity index (χ4v) is 10.1. The SMILES string of the molecule is CCCC1(CC(C)C)c2ccccc2-c2ccc(-c3ccccc3O)cc21.CCCC1(CC(C)C)c2ccccc2-c2ccc(-c3ccccc3O)cc21.[CH3-].[CH3-].[Ti+2].